The molecule has 35 heavy (non-hydrogen) atoms. The second kappa shape index (κ2) is 8.01. The number of allylic oxidation sites excluding steroid dienone is 6. The monoisotopic (exact) mass is 540 g/mol. The van der Waals surface area contributed by atoms with Crippen LogP contribution in [0.2, 0.25) is 0 Å². The number of benzene rings is 1. The third-order valence-electron chi connectivity index (χ3n) is 7.39. The molecule has 0 saturated carbocycles. The molecular formula is C25H21BrN2O7. The van der Waals surface area contributed by atoms with E-state index in [-0.39, 0.29) is 41.5 Å². The molecule has 1 heterocycles. The first-order chi connectivity index (χ1) is 16.6. The van der Waals surface area contributed by atoms with Crippen molar-refractivity contribution in [2.75, 3.05) is 7.11 Å². The molecule has 3 N–H and O–H groups in total. The van der Waals surface area contributed by atoms with Crippen LogP contribution in [0.1, 0.15) is 31.2 Å². The van der Waals surface area contributed by atoms with Crippen molar-refractivity contribution in [3.05, 3.63) is 56.6 Å². The van der Waals surface area contributed by atoms with Crippen LogP contribution in [-0.2, 0) is 19.2 Å². The lowest BCUT2D eigenvalue weighted by Gasteiger charge is -2.42. The number of nitrogens with two attached hydrogens (primary N) is 1. The van der Waals surface area contributed by atoms with Crippen LogP contribution in [0, 0.1) is 17.8 Å². The molecule has 0 aromatic heterocycles. The van der Waals surface area contributed by atoms with Crippen LogP contribution in [0.4, 0.5) is 4.79 Å². The SMILES string of the molecule is COc1cc(C2C3=CCC4C(=O)N(C(N)=O)C(=O)C4C3CC3=C2C(=O)C(C)=CC3=O)cc(Br)c1O. The number of methoxy groups -OCH3 is 1. The molecule has 0 bridgehead atoms. The number of primary amides is 1. The zero-order valence-corrected chi connectivity index (χ0v) is 20.4. The number of phenolic OH excluding ortho intramolecular Hbond substituents is 1. The summed E-state index contributed by atoms with van der Waals surface area (Å²) >= 11 is 3.32. The highest BCUT2D eigenvalue weighted by Crippen LogP contribution is 2.56. The van der Waals surface area contributed by atoms with E-state index in [1.54, 1.807) is 19.1 Å². The number of ether oxygens (including phenoxy) is 1. The predicted molar refractivity (Wildman–Crippen MR) is 125 cm³/mol. The first-order valence-corrected chi connectivity index (χ1v) is 11.8. The molecule has 3 aliphatic carbocycles. The first-order valence-electron chi connectivity index (χ1n) is 11.0. The summed E-state index contributed by atoms with van der Waals surface area (Å²) in [5.41, 5.74) is 7.52. The minimum absolute atomic E-state index is 0.0925. The summed E-state index contributed by atoms with van der Waals surface area (Å²) in [4.78, 5) is 64.8. The van der Waals surface area contributed by atoms with Crippen LogP contribution in [-0.4, -0.2) is 46.5 Å². The van der Waals surface area contributed by atoms with Crippen molar-refractivity contribution in [1.29, 1.82) is 0 Å². The maximum atomic E-state index is 13.4. The van der Waals surface area contributed by atoms with Crippen molar-refractivity contribution in [3.63, 3.8) is 0 Å². The molecule has 10 heteroatoms. The Morgan fingerprint density at radius 2 is 1.89 bits per heavy atom. The Bertz CT molecular complexity index is 1360. The topological polar surface area (TPSA) is 144 Å². The molecule has 4 amide bonds. The predicted octanol–water partition coefficient (Wildman–Crippen LogP) is 2.67. The zero-order chi connectivity index (χ0) is 25.3. The van der Waals surface area contributed by atoms with Crippen LogP contribution in [0.25, 0.3) is 0 Å². The second-order valence-corrected chi connectivity index (χ2v) is 9.99. The van der Waals surface area contributed by atoms with Gasteiger partial charge in [-0.05, 0) is 65.4 Å². The van der Waals surface area contributed by atoms with Gasteiger partial charge in [-0.1, -0.05) is 11.6 Å². The number of ketones is 2. The number of carbonyl (C=O) groups excluding carboxylic acids is 5. The van der Waals surface area contributed by atoms with Crippen molar-refractivity contribution in [3.8, 4) is 11.5 Å². The van der Waals surface area contributed by atoms with Gasteiger partial charge in [0.2, 0.25) is 11.8 Å². The number of amides is 4. The van der Waals surface area contributed by atoms with Crippen molar-refractivity contribution in [1.82, 2.24) is 4.90 Å². The van der Waals surface area contributed by atoms with E-state index in [4.69, 9.17) is 10.5 Å². The fourth-order valence-electron chi connectivity index (χ4n) is 5.87. The number of carbonyl (C=O) groups is 5. The lowest BCUT2D eigenvalue weighted by Crippen LogP contribution is -2.42. The minimum atomic E-state index is -1.13. The second-order valence-electron chi connectivity index (χ2n) is 9.13. The van der Waals surface area contributed by atoms with Gasteiger partial charge in [0, 0.05) is 22.6 Å². The zero-order valence-electron chi connectivity index (χ0n) is 18.8. The van der Waals surface area contributed by atoms with E-state index in [0.717, 1.165) is 0 Å². The van der Waals surface area contributed by atoms with Gasteiger partial charge in [-0.25, -0.2) is 4.79 Å². The van der Waals surface area contributed by atoms with E-state index < -0.39 is 41.5 Å². The number of fused-ring (bicyclic) bond motifs is 3. The molecule has 0 spiro atoms. The highest BCUT2D eigenvalue weighted by molar-refractivity contribution is 9.10. The number of hydrogen-bond acceptors (Lipinski definition) is 7. The number of halogens is 1. The van der Waals surface area contributed by atoms with E-state index in [1.165, 1.54) is 13.2 Å². The number of urea groups is 1. The molecule has 1 saturated heterocycles. The van der Waals surface area contributed by atoms with Gasteiger partial charge < -0.3 is 15.6 Å². The Morgan fingerprint density at radius 1 is 1.17 bits per heavy atom. The number of rotatable bonds is 2. The number of nitrogens with zero attached hydrogens (tertiary/aromatic N) is 1. The molecular weight excluding hydrogens is 520 g/mol. The fraction of sp³-hybridized carbons (Fsp3) is 0.320. The number of aromatic hydroxyl groups is 1. The molecule has 0 radical (unpaired) electrons. The Hall–Kier alpha value is -3.53. The van der Waals surface area contributed by atoms with Gasteiger partial charge in [0.05, 0.1) is 23.4 Å². The van der Waals surface area contributed by atoms with Gasteiger partial charge in [-0.3, -0.25) is 19.2 Å². The summed E-state index contributed by atoms with van der Waals surface area (Å²) in [7, 11) is 1.40. The maximum Gasteiger partial charge on any atom is 0.328 e. The quantitative estimate of drug-likeness (QED) is 0.333. The molecule has 1 aromatic carbocycles. The summed E-state index contributed by atoms with van der Waals surface area (Å²) in [6, 6.07) is 2.11. The van der Waals surface area contributed by atoms with Gasteiger partial charge in [0.25, 0.3) is 0 Å². The molecule has 4 unspecified atom stereocenters. The average Bonchev–Trinajstić information content (AvgIpc) is 3.08. The number of phenols is 1. The normalized spacial score (nSPS) is 27.8. The van der Waals surface area contributed by atoms with Gasteiger partial charge in [0.15, 0.2) is 23.1 Å². The van der Waals surface area contributed by atoms with Crippen molar-refractivity contribution >= 4 is 45.3 Å². The Morgan fingerprint density at radius 3 is 2.54 bits per heavy atom. The molecule has 1 aromatic rings. The summed E-state index contributed by atoms with van der Waals surface area (Å²) in [5, 5.41) is 10.3. The summed E-state index contributed by atoms with van der Waals surface area (Å²) in [6.07, 6.45) is 3.40. The van der Waals surface area contributed by atoms with Crippen LogP contribution >= 0.6 is 15.9 Å². The summed E-state index contributed by atoms with van der Waals surface area (Å²) < 4.78 is 5.64. The van der Waals surface area contributed by atoms with Gasteiger partial charge in [-0.2, -0.15) is 4.90 Å². The molecule has 4 aliphatic rings. The number of hydrogen-bond donors (Lipinski definition) is 2. The van der Waals surface area contributed by atoms with E-state index in [9.17, 15) is 29.1 Å². The van der Waals surface area contributed by atoms with Crippen LogP contribution in [0.15, 0.2) is 51.0 Å². The molecule has 180 valence electrons. The lowest BCUT2D eigenvalue weighted by molar-refractivity contribution is -0.136. The Kier molecular flexibility index (Phi) is 5.32. The summed E-state index contributed by atoms with van der Waals surface area (Å²) in [5.74, 6) is -4.80. The smallest absolute Gasteiger partial charge is 0.328 e. The molecule has 1 aliphatic heterocycles. The lowest BCUT2D eigenvalue weighted by atomic mass is 9.59. The third kappa shape index (κ3) is 3.23. The van der Waals surface area contributed by atoms with Crippen LogP contribution in [0.3, 0.4) is 0 Å². The molecule has 5 rings (SSSR count). The van der Waals surface area contributed by atoms with Crippen LogP contribution in [0.5, 0.6) is 11.5 Å². The maximum absolute atomic E-state index is 13.4. The largest absolute Gasteiger partial charge is 0.503 e. The number of likely N-dealkylation sites (tertiary alicyclic amines) is 1. The van der Waals surface area contributed by atoms with Crippen molar-refractivity contribution in [2.24, 2.45) is 23.5 Å². The number of Topliss-reactive ketones (excluding diaryl/α,β-unsaturated/α-hetero) is 1. The average molecular weight is 541 g/mol. The standard InChI is InChI=1S/C25H21BrN2O7/c1-9-5-16(29)14-8-13-11(3-4-12-19(13)24(33)28(23(12)32)25(27)34)18(20(14)21(9)30)10-6-15(26)22(31)17(7-10)35-2/h3,5-7,12-13,18-19,31H,4,8H2,1-2H3,(H2,27,34). The highest BCUT2D eigenvalue weighted by atomic mass is 79.9. The van der Waals surface area contributed by atoms with E-state index in [0.29, 0.717) is 31.7 Å². The number of imide groups is 3. The third-order valence-corrected chi connectivity index (χ3v) is 7.99. The Balaban J connectivity index is 1.73. The first kappa shape index (κ1) is 23.2. The summed E-state index contributed by atoms with van der Waals surface area (Å²) in [6.45, 7) is 1.58. The van der Waals surface area contributed by atoms with E-state index in [1.807, 2.05) is 6.08 Å². The fourth-order valence-corrected chi connectivity index (χ4v) is 6.33. The molecule has 1 fully saturated rings. The Labute approximate surface area is 208 Å². The van der Waals surface area contributed by atoms with Gasteiger partial charge >= 0.3 is 6.03 Å². The molecule has 4 atom stereocenters. The van der Waals surface area contributed by atoms with Crippen LogP contribution < -0.4 is 10.5 Å². The van der Waals surface area contributed by atoms with Crippen molar-refractivity contribution in [2.45, 2.75) is 25.7 Å². The molecule has 9 nitrogen and oxygen atoms in total. The van der Waals surface area contributed by atoms with E-state index >= 15 is 0 Å². The highest BCUT2D eigenvalue weighted by Gasteiger charge is 2.57. The van der Waals surface area contributed by atoms with Gasteiger partial charge in [0.1, 0.15) is 0 Å². The van der Waals surface area contributed by atoms with Crippen molar-refractivity contribution < 1.29 is 33.8 Å². The van der Waals surface area contributed by atoms with E-state index in [2.05, 4.69) is 15.9 Å². The van der Waals surface area contributed by atoms with Gasteiger partial charge in [-0.15, -0.1) is 0 Å². The minimum Gasteiger partial charge on any atom is -0.503 e.